The highest BCUT2D eigenvalue weighted by Gasteiger charge is 2.09. The lowest BCUT2D eigenvalue weighted by Crippen LogP contribution is -2.11. The Balaban J connectivity index is 2.52. The van der Waals surface area contributed by atoms with Gasteiger partial charge in [0.05, 0.1) is 0 Å². The monoisotopic (exact) mass is 296 g/mol. The molecular weight excluding hydrogens is 268 g/mol. The maximum Gasteiger partial charge on any atom is 0.134 e. The van der Waals surface area contributed by atoms with E-state index in [1.165, 1.54) is 30.6 Å². The van der Waals surface area contributed by atoms with Gasteiger partial charge < -0.3 is 10.6 Å². The minimum Gasteiger partial charge on any atom is -0.370 e. The van der Waals surface area contributed by atoms with Gasteiger partial charge in [-0.05, 0) is 38.2 Å². The molecule has 0 atom stereocenters. The lowest BCUT2D eigenvalue weighted by atomic mass is 10.1. The van der Waals surface area contributed by atoms with Crippen LogP contribution in [0.1, 0.15) is 45.1 Å². The zero-order valence-electron chi connectivity index (χ0n) is 13.0. The molecule has 4 nitrogen and oxygen atoms in total. The maximum atomic E-state index is 4.41. The van der Waals surface area contributed by atoms with Crippen LogP contribution in [0, 0.1) is 0 Å². The molecule has 1 aromatic heterocycles. The number of unbranched alkanes of at least 4 members (excludes halogenated alkanes) is 2. The summed E-state index contributed by atoms with van der Waals surface area (Å²) in [5.74, 6) is 3.25. The number of nitrogens with one attached hydrogen (secondary N) is 2. The third kappa shape index (κ3) is 5.99. The number of thioether (sulfide) groups is 1. The fourth-order valence-corrected chi connectivity index (χ4v) is 2.62. The molecule has 20 heavy (non-hydrogen) atoms. The summed E-state index contributed by atoms with van der Waals surface area (Å²) in [6, 6.07) is 0. The second-order valence-electron chi connectivity index (χ2n) is 4.81. The van der Waals surface area contributed by atoms with Crippen molar-refractivity contribution in [2.24, 2.45) is 0 Å². The molecule has 1 rings (SSSR count). The summed E-state index contributed by atoms with van der Waals surface area (Å²) in [6.07, 6.45) is 9.71. The molecule has 0 spiro atoms. The van der Waals surface area contributed by atoms with Gasteiger partial charge in [-0.1, -0.05) is 19.8 Å². The van der Waals surface area contributed by atoms with Crippen molar-refractivity contribution in [3.05, 3.63) is 11.9 Å². The van der Waals surface area contributed by atoms with Gasteiger partial charge in [-0.25, -0.2) is 9.97 Å². The fourth-order valence-electron chi connectivity index (χ4n) is 2.13. The second kappa shape index (κ2) is 10.8. The van der Waals surface area contributed by atoms with Gasteiger partial charge in [0.1, 0.15) is 18.0 Å². The van der Waals surface area contributed by atoms with Crippen LogP contribution in [0.4, 0.5) is 11.6 Å². The molecule has 1 aromatic rings. The second-order valence-corrected chi connectivity index (χ2v) is 5.80. The molecule has 0 aliphatic rings. The molecule has 0 fully saturated rings. The smallest absolute Gasteiger partial charge is 0.134 e. The van der Waals surface area contributed by atoms with E-state index in [0.29, 0.717) is 0 Å². The first-order valence-electron chi connectivity index (χ1n) is 7.64. The number of hydrogen-bond acceptors (Lipinski definition) is 5. The van der Waals surface area contributed by atoms with Gasteiger partial charge in [0.15, 0.2) is 0 Å². The summed E-state index contributed by atoms with van der Waals surface area (Å²) in [7, 11) is 0. The van der Waals surface area contributed by atoms with Crippen LogP contribution in [-0.4, -0.2) is 35.1 Å². The summed E-state index contributed by atoms with van der Waals surface area (Å²) in [4.78, 5) is 8.76. The van der Waals surface area contributed by atoms with Crippen molar-refractivity contribution in [1.29, 1.82) is 0 Å². The molecule has 0 aromatic carbocycles. The highest BCUT2D eigenvalue weighted by atomic mass is 32.2. The topological polar surface area (TPSA) is 49.8 Å². The molecule has 114 valence electrons. The zero-order chi connectivity index (χ0) is 14.6. The molecule has 0 amide bonds. The van der Waals surface area contributed by atoms with Crippen molar-refractivity contribution in [1.82, 2.24) is 9.97 Å². The number of rotatable bonds is 11. The van der Waals surface area contributed by atoms with E-state index in [1.54, 1.807) is 6.33 Å². The predicted molar refractivity (Wildman–Crippen MR) is 90.9 cm³/mol. The molecule has 0 aliphatic carbocycles. The van der Waals surface area contributed by atoms with Crippen molar-refractivity contribution in [3.8, 4) is 0 Å². The molecule has 0 aliphatic heterocycles. The Morgan fingerprint density at radius 2 is 1.80 bits per heavy atom. The van der Waals surface area contributed by atoms with Crippen molar-refractivity contribution < 1.29 is 0 Å². The number of aromatic nitrogens is 2. The summed E-state index contributed by atoms with van der Waals surface area (Å²) in [5.41, 5.74) is 1.22. The van der Waals surface area contributed by atoms with Gasteiger partial charge >= 0.3 is 0 Å². The molecule has 2 N–H and O–H groups in total. The molecule has 0 radical (unpaired) electrons. The van der Waals surface area contributed by atoms with Crippen LogP contribution in [-0.2, 0) is 6.42 Å². The zero-order valence-corrected chi connectivity index (χ0v) is 13.9. The molecule has 0 saturated carbocycles. The van der Waals surface area contributed by atoms with E-state index in [1.807, 2.05) is 11.8 Å². The van der Waals surface area contributed by atoms with Gasteiger partial charge in [0, 0.05) is 18.7 Å². The SMILES string of the molecule is CCCc1c(NCC)ncnc1NCCCCCSC. The van der Waals surface area contributed by atoms with Crippen LogP contribution >= 0.6 is 11.8 Å². The Bertz CT molecular complexity index is 371. The minimum atomic E-state index is 0.891. The summed E-state index contributed by atoms with van der Waals surface area (Å²) >= 11 is 1.92. The highest BCUT2D eigenvalue weighted by molar-refractivity contribution is 7.98. The van der Waals surface area contributed by atoms with E-state index in [9.17, 15) is 0 Å². The number of nitrogens with zero attached hydrogens (tertiary/aromatic N) is 2. The summed E-state index contributed by atoms with van der Waals surface area (Å²) < 4.78 is 0. The predicted octanol–water partition coefficient (Wildman–Crippen LogP) is 3.81. The van der Waals surface area contributed by atoms with Crippen LogP contribution in [0.2, 0.25) is 0 Å². The fraction of sp³-hybridized carbons (Fsp3) is 0.733. The van der Waals surface area contributed by atoms with Crippen molar-refractivity contribution in [2.75, 3.05) is 35.7 Å². The Morgan fingerprint density at radius 3 is 2.45 bits per heavy atom. The molecule has 0 saturated heterocycles. The highest BCUT2D eigenvalue weighted by Crippen LogP contribution is 2.21. The van der Waals surface area contributed by atoms with E-state index in [2.05, 4.69) is 40.7 Å². The van der Waals surface area contributed by atoms with Crippen LogP contribution < -0.4 is 10.6 Å². The molecule has 0 bridgehead atoms. The standard InChI is InChI=1S/C15H28N4S/c1-4-9-13-14(16-5-2)18-12-19-15(13)17-10-7-6-8-11-20-3/h12H,4-11H2,1-3H3,(H2,16,17,18,19). The Hall–Kier alpha value is -0.970. The number of anilines is 2. The summed E-state index contributed by atoms with van der Waals surface area (Å²) in [5, 5.41) is 6.80. The normalized spacial score (nSPS) is 10.6. The van der Waals surface area contributed by atoms with Gasteiger partial charge in [-0.3, -0.25) is 0 Å². The lowest BCUT2D eigenvalue weighted by molar-refractivity contribution is 0.746. The van der Waals surface area contributed by atoms with Gasteiger partial charge in [-0.2, -0.15) is 11.8 Å². The molecule has 0 unspecified atom stereocenters. The Morgan fingerprint density at radius 1 is 1.05 bits per heavy atom. The largest absolute Gasteiger partial charge is 0.370 e. The van der Waals surface area contributed by atoms with Gasteiger partial charge in [0.2, 0.25) is 0 Å². The average molecular weight is 296 g/mol. The van der Waals surface area contributed by atoms with Crippen LogP contribution in [0.5, 0.6) is 0 Å². The minimum absolute atomic E-state index is 0.891. The first-order valence-corrected chi connectivity index (χ1v) is 9.03. The quantitative estimate of drug-likeness (QED) is 0.608. The van der Waals surface area contributed by atoms with Crippen molar-refractivity contribution >= 4 is 23.4 Å². The van der Waals surface area contributed by atoms with Gasteiger partial charge in [0.25, 0.3) is 0 Å². The maximum absolute atomic E-state index is 4.41. The van der Waals surface area contributed by atoms with Crippen molar-refractivity contribution in [3.63, 3.8) is 0 Å². The molecule has 5 heteroatoms. The Labute approximate surface area is 127 Å². The third-order valence-electron chi connectivity index (χ3n) is 3.11. The van der Waals surface area contributed by atoms with E-state index < -0.39 is 0 Å². The molecular formula is C15H28N4S. The van der Waals surface area contributed by atoms with Crippen LogP contribution in [0.3, 0.4) is 0 Å². The lowest BCUT2D eigenvalue weighted by Gasteiger charge is -2.14. The van der Waals surface area contributed by atoms with Crippen LogP contribution in [0.15, 0.2) is 6.33 Å². The van der Waals surface area contributed by atoms with E-state index >= 15 is 0 Å². The third-order valence-corrected chi connectivity index (χ3v) is 3.80. The number of hydrogen-bond donors (Lipinski definition) is 2. The van der Waals surface area contributed by atoms with Crippen LogP contribution in [0.25, 0.3) is 0 Å². The van der Waals surface area contributed by atoms with Gasteiger partial charge in [-0.15, -0.1) is 0 Å². The first kappa shape index (κ1) is 17.1. The van der Waals surface area contributed by atoms with E-state index in [-0.39, 0.29) is 0 Å². The summed E-state index contributed by atoms with van der Waals surface area (Å²) in [6.45, 7) is 6.17. The van der Waals surface area contributed by atoms with E-state index in [4.69, 9.17) is 0 Å². The molecule has 1 heterocycles. The van der Waals surface area contributed by atoms with Crippen molar-refractivity contribution in [2.45, 2.75) is 46.0 Å². The van der Waals surface area contributed by atoms with E-state index in [0.717, 1.165) is 37.6 Å². The first-order chi connectivity index (χ1) is 9.83. The Kier molecular flexibility index (Phi) is 9.20. The average Bonchev–Trinajstić information content (AvgIpc) is 2.46.